The number of carboxylic acid groups (broad SMARTS) is 1. The summed E-state index contributed by atoms with van der Waals surface area (Å²) in [7, 11) is -3.29. The zero-order valence-corrected chi connectivity index (χ0v) is 16.4. The van der Waals surface area contributed by atoms with Crippen LogP contribution in [0.4, 0.5) is 4.79 Å². The summed E-state index contributed by atoms with van der Waals surface area (Å²) < 4.78 is 34.6. The molecule has 0 atom stereocenters. The van der Waals surface area contributed by atoms with Gasteiger partial charge in [-0.2, -0.15) is 4.98 Å². The Morgan fingerprint density at radius 2 is 1.90 bits per heavy atom. The highest BCUT2D eigenvalue weighted by molar-refractivity contribution is 7.90. The predicted molar refractivity (Wildman–Crippen MR) is 103 cm³/mol. The number of carbonyl (C=O) groups is 1. The molecule has 4 rings (SSSR count). The molecular formula is C19H19N3O6S. The molecule has 0 saturated carbocycles. The van der Waals surface area contributed by atoms with Gasteiger partial charge in [0.2, 0.25) is 5.58 Å². The van der Waals surface area contributed by atoms with Gasteiger partial charge in [-0.3, -0.25) is 0 Å². The van der Waals surface area contributed by atoms with E-state index < -0.39 is 15.9 Å². The predicted octanol–water partition coefficient (Wildman–Crippen LogP) is 3.28. The van der Waals surface area contributed by atoms with Crippen molar-refractivity contribution in [2.45, 2.75) is 23.7 Å². The molecule has 1 aliphatic heterocycles. The lowest BCUT2D eigenvalue weighted by Gasteiger charge is -2.29. The van der Waals surface area contributed by atoms with Crippen LogP contribution in [0.2, 0.25) is 0 Å². The molecule has 0 bridgehead atoms. The average molecular weight is 417 g/mol. The van der Waals surface area contributed by atoms with Crippen molar-refractivity contribution in [3.05, 3.63) is 42.4 Å². The van der Waals surface area contributed by atoms with Crippen molar-refractivity contribution >= 4 is 27.0 Å². The van der Waals surface area contributed by atoms with Crippen molar-refractivity contribution < 1.29 is 27.5 Å². The number of aromatic nitrogens is 2. The fourth-order valence-electron chi connectivity index (χ4n) is 3.46. The highest BCUT2D eigenvalue weighted by Crippen LogP contribution is 2.36. The Bertz CT molecular complexity index is 1150. The Labute approximate surface area is 166 Å². The summed E-state index contributed by atoms with van der Waals surface area (Å²) in [6.45, 7) is 0.932. The highest BCUT2D eigenvalue weighted by Gasteiger charge is 2.27. The number of sulfone groups is 1. The summed E-state index contributed by atoms with van der Waals surface area (Å²) in [5.74, 6) is 0.796. The van der Waals surface area contributed by atoms with Crippen LogP contribution in [0, 0.1) is 0 Å². The van der Waals surface area contributed by atoms with E-state index in [1.54, 1.807) is 18.4 Å². The number of hydrogen-bond acceptors (Lipinski definition) is 7. The third-order valence-corrected chi connectivity index (χ3v) is 6.15. The second kappa shape index (κ2) is 7.36. The third kappa shape index (κ3) is 3.88. The van der Waals surface area contributed by atoms with E-state index in [1.807, 2.05) is 0 Å². The van der Waals surface area contributed by atoms with Crippen LogP contribution in [0.25, 0.3) is 11.1 Å². The fraction of sp³-hybridized carbons (Fsp3) is 0.316. The molecule has 0 aliphatic carbocycles. The molecule has 1 aromatic carbocycles. The Morgan fingerprint density at radius 1 is 1.21 bits per heavy atom. The summed E-state index contributed by atoms with van der Waals surface area (Å²) in [5, 5.41) is 9.10. The van der Waals surface area contributed by atoms with Crippen LogP contribution in [0.3, 0.4) is 0 Å². The highest BCUT2D eigenvalue weighted by atomic mass is 32.2. The monoisotopic (exact) mass is 417 g/mol. The lowest BCUT2D eigenvalue weighted by atomic mass is 9.90. The molecule has 0 radical (unpaired) electrons. The van der Waals surface area contributed by atoms with E-state index in [9.17, 15) is 13.2 Å². The number of rotatable bonds is 4. The van der Waals surface area contributed by atoms with Gasteiger partial charge in [0, 0.05) is 24.9 Å². The van der Waals surface area contributed by atoms with Gasteiger partial charge in [0.1, 0.15) is 17.6 Å². The molecular weight excluding hydrogens is 398 g/mol. The molecule has 2 aromatic heterocycles. The van der Waals surface area contributed by atoms with Gasteiger partial charge >= 0.3 is 6.09 Å². The zero-order chi connectivity index (χ0) is 20.6. The summed E-state index contributed by atoms with van der Waals surface area (Å²) in [6.07, 6.45) is 4.62. The Balaban J connectivity index is 1.57. The van der Waals surface area contributed by atoms with Crippen molar-refractivity contribution in [2.24, 2.45) is 0 Å². The van der Waals surface area contributed by atoms with Gasteiger partial charge in [-0.1, -0.05) is 0 Å². The molecule has 3 aromatic rings. The normalized spacial score (nSPS) is 15.6. The van der Waals surface area contributed by atoms with Gasteiger partial charge in [-0.05, 0) is 43.0 Å². The zero-order valence-electron chi connectivity index (χ0n) is 15.6. The Hall–Kier alpha value is -3.14. The minimum Gasteiger partial charge on any atom is -0.465 e. The molecule has 3 heterocycles. The van der Waals surface area contributed by atoms with Crippen LogP contribution in [0.1, 0.15) is 24.3 Å². The van der Waals surface area contributed by atoms with Gasteiger partial charge < -0.3 is 19.2 Å². The number of fused-ring (bicyclic) bond motifs is 1. The molecule has 1 saturated heterocycles. The van der Waals surface area contributed by atoms with Crippen molar-refractivity contribution in [1.82, 2.24) is 14.9 Å². The molecule has 1 aliphatic rings. The second-order valence-corrected chi connectivity index (χ2v) is 8.95. The first-order valence-electron chi connectivity index (χ1n) is 9.01. The molecule has 1 fully saturated rings. The lowest BCUT2D eigenvalue weighted by Crippen LogP contribution is -2.36. The number of likely N-dealkylation sites (tertiary alicyclic amines) is 1. The van der Waals surface area contributed by atoms with Crippen molar-refractivity contribution in [2.75, 3.05) is 19.3 Å². The van der Waals surface area contributed by atoms with Gasteiger partial charge in [-0.15, -0.1) is 0 Å². The topological polar surface area (TPSA) is 123 Å². The second-order valence-electron chi connectivity index (χ2n) is 6.94. The molecule has 152 valence electrons. The minimum atomic E-state index is -3.29. The van der Waals surface area contributed by atoms with E-state index >= 15 is 0 Å². The van der Waals surface area contributed by atoms with E-state index in [2.05, 4.69) is 9.97 Å². The number of piperidine rings is 1. The maximum Gasteiger partial charge on any atom is 0.407 e. The Morgan fingerprint density at radius 3 is 2.52 bits per heavy atom. The molecule has 10 heteroatoms. The van der Waals surface area contributed by atoms with Crippen LogP contribution in [-0.2, 0) is 9.84 Å². The van der Waals surface area contributed by atoms with Gasteiger partial charge in [0.25, 0.3) is 5.88 Å². The quantitative estimate of drug-likeness (QED) is 0.686. The lowest BCUT2D eigenvalue weighted by molar-refractivity contribution is 0.132. The summed E-state index contributed by atoms with van der Waals surface area (Å²) in [6, 6.07) is 6.03. The number of nitrogens with zero attached hydrogens (tertiary/aromatic N) is 3. The van der Waals surface area contributed by atoms with E-state index in [1.165, 1.54) is 23.4 Å². The van der Waals surface area contributed by atoms with Crippen LogP contribution in [0.15, 0.2) is 46.2 Å². The van der Waals surface area contributed by atoms with Crippen LogP contribution >= 0.6 is 0 Å². The largest absolute Gasteiger partial charge is 0.465 e. The van der Waals surface area contributed by atoms with Crippen molar-refractivity contribution in [3.8, 4) is 11.6 Å². The van der Waals surface area contributed by atoms with Gasteiger partial charge in [-0.25, -0.2) is 18.2 Å². The summed E-state index contributed by atoms with van der Waals surface area (Å²) >= 11 is 0. The standard InChI is InChI=1S/C19H19N3O6S/c1-29(25,26)14-4-2-13(3-5-14)28-18-17-16(20-11-21-18)15(10-27-17)12-6-8-22(9-7-12)19(23)24/h2-5,10-12H,6-9H2,1H3,(H,23,24). The first-order valence-corrected chi connectivity index (χ1v) is 10.9. The SMILES string of the molecule is CS(=O)(=O)c1ccc(Oc2ncnc3c(C4CCN(C(=O)O)CC4)coc23)cc1. The maximum atomic E-state index is 11.6. The Kier molecular flexibility index (Phi) is 4.87. The van der Waals surface area contributed by atoms with Crippen molar-refractivity contribution in [3.63, 3.8) is 0 Å². The fourth-order valence-corrected chi connectivity index (χ4v) is 4.09. The molecule has 0 spiro atoms. The van der Waals surface area contributed by atoms with E-state index in [4.69, 9.17) is 14.3 Å². The molecule has 1 N–H and O–H groups in total. The van der Waals surface area contributed by atoms with Crippen molar-refractivity contribution in [1.29, 1.82) is 0 Å². The van der Waals surface area contributed by atoms with E-state index in [-0.39, 0.29) is 16.7 Å². The summed E-state index contributed by atoms with van der Waals surface area (Å²) in [5.41, 5.74) is 1.94. The number of amides is 1. The number of hydrogen-bond donors (Lipinski definition) is 1. The van der Waals surface area contributed by atoms with E-state index in [0.717, 1.165) is 11.8 Å². The molecule has 9 nitrogen and oxygen atoms in total. The van der Waals surface area contributed by atoms with Crippen LogP contribution in [0.5, 0.6) is 11.6 Å². The van der Waals surface area contributed by atoms with Gasteiger partial charge in [0.15, 0.2) is 9.84 Å². The molecule has 29 heavy (non-hydrogen) atoms. The van der Waals surface area contributed by atoms with E-state index in [0.29, 0.717) is 42.8 Å². The molecule has 1 amide bonds. The van der Waals surface area contributed by atoms with Gasteiger partial charge in [0.05, 0.1) is 11.2 Å². The average Bonchev–Trinajstić information content (AvgIpc) is 3.13. The third-order valence-electron chi connectivity index (χ3n) is 5.02. The molecule has 0 unspecified atom stereocenters. The summed E-state index contributed by atoms with van der Waals surface area (Å²) in [4.78, 5) is 21.2. The number of furan rings is 1. The maximum absolute atomic E-state index is 11.6. The first kappa shape index (κ1) is 19.2. The number of ether oxygens (including phenoxy) is 1. The minimum absolute atomic E-state index is 0.142. The number of benzene rings is 1. The first-order chi connectivity index (χ1) is 13.8. The smallest absolute Gasteiger partial charge is 0.407 e. The van der Waals surface area contributed by atoms with Crippen LogP contribution in [-0.4, -0.2) is 53.8 Å². The van der Waals surface area contributed by atoms with Crippen LogP contribution < -0.4 is 4.74 Å².